The van der Waals surface area contributed by atoms with Crippen molar-refractivity contribution in [3.8, 4) is 5.75 Å². The Hall–Kier alpha value is -3.67. The molecule has 32 heavy (non-hydrogen) atoms. The molecule has 1 aliphatic rings. The summed E-state index contributed by atoms with van der Waals surface area (Å²) >= 11 is 0. The first kappa shape index (κ1) is 21.6. The number of rotatable bonds is 6. The summed E-state index contributed by atoms with van der Waals surface area (Å²) in [4.78, 5) is 26.9. The highest BCUT2D eigenvalue weighted by Crippen LogP contribution is 2.23. The van der Waals surface area contributed by atoms with Gasteiger partial charge >= 0.3 is 0 Å². The predicted molar refractivity (Wildman–Crippen MR) is 121 cm³/mol. The zero-order chi connectivity index (χ0) is 22.3. The summed E-state index contributed by atoms with van der Waals surface area (Å²) in [6.45, 7) is 1.43. The molecule has 6 heteroatoms. The minimum Gasteiger partial charge on any atom is -0.489 e. The lowest BCUT2D eigenvalue weighted by Crippen LogP contribution is -2.41. The van der Waals surface area contributed by atoms with Crippen molar-refractivity contribution in [3.05, 3.63) is 95.8 Å². The van der Waals surface area contributed by atoms with Gasteiger partial charge in [0.1, 0.15) is 18.2 Å². The second-order valence-electron chi connectivity index (χ2n) is 7.86. The summed E-state index contributed by atoms with van der Waals surface area (Å²) in [5.74, 6) is -0.117. The lowest BCUT2D eigenvalue weighted by Gasteiger charge is -2.31. The van der Waals surface area contributed by atoms with Crippen LogP contribution in [0, 0.1) is 11.7 Å². The molecule has 2 amide bonds. The van der Waals surface area contributed by atoms with E-state index in [2.05, 4.69) is 5.32 Å². The van der Waals surface area contributed by atoms with Gasteiger partial charge in [-0.15, -0.1) is 0 Å². The second kappa shape index (κ2) is 10.1. The van der Waals surface area contributed by atoms with Crippen LogP contribution in [0.1, 0.15) is 28.8 Å². The van der Waals surface area contributed by atoms with Crippen molar-refractivity contribution in [1.82, 2.24) is 4.90 Å². The average Bonchev–Trinajstić information content (AvgIpc) is 2.84. The molecule has 1 heterocycles. The number of piperidine rings is 1. The van der Waals surface area contributed by atoms with Crippen LogP contribution in [0.5, 0.6) is 5.75 Å². The van der Waals surface area contributed by atoms with Gasteiger partial charge in [-0.05, 0) is 60.9 Å². The Balaban J connectivity index is 1.25. The van der Waals surface area contributed by atoms with Crippen LogP contribution < -0.4 is 10.1 Å². The molecule has 0 aromatic heterocycles. The van der Waals surface area contributed by atoms with Crippen molar-refractivity contribution in [2.45, 2.75) is 19.4 Å². The fourth-order valence-electron chi connectivity index (χ4n) is 3.77. The lowest BCUT2D eigenvalue weighted by atomic mass is 9.95. The van der Waals surface area contributed by atoms with Gasteiger partial charge in [0.05, 0.1) is 0 Å². The zero-order valence-corrected chi connectivity index (χ0v) is 17.7. The van der Waals surface area contributed by atoms with Gasteiger partial charge < -0.3 is 15.0 Å². The summed E-state index contributed by atoms with van der Waals surface area (Å²) in [5.41, 5.74) is 2.13. The highest BCUT2D eigenvalue weighted by atomic mass is 19.1. The maximum atomic E-state index is 13.4. The Morgan fingerprint density at radius 1 is 0.938 bits per heavy atom. The molecule has 0 unspecified atom stereocenters. The third-order valence-electron chi connectivity index (χ3n) is 5.59. The van der Waals surface area contributed by atoms with E-state index in [-0.39, 0.29) is 17.7 Å². The highest BCUT2D eigenvalue weighted by molar-refractivity contribution is 5.95. The summed E-state index contributed by atoms with van der Waals surface area (Å²) in [6, 6.07) is 22.9. The number of halogens is 1. The van der Waals surface area contributed by atoms with Gasteiger partial charge in [0.15, 0.2) is 0 Å². The van der Waals surface area contributed by atoms with E-state index in [1.807, 2.05) is 54.6 Å². The van der Waals surface area contributed by atoms with Crippen LogP contribution in [0.4, 0.5) is 10.1 Å². The molecule has 0 bridgehead atoms. The molecule has 5 nitrogen and oxygen atoms in total. The second-order valence-corrected chi connectivity index (χ2v) is 7.86. The molecule has 4 rings (SSSR count). The monoisotopic (exact) mass is 432 g/mol. The van der Waals surface area contributed by atoms with Gasteiger partial charge in [-0.3, -0.25) is 9.59 Å². The number of hydrogen-bond donors (Lipinski definition) is 1. The van der Waals surface area contributed by atoms with Gasteiger partial charge in [0.2, 0.25) is 5.91 Å². The molecule has 1 aliphatic heterocycles. The minimum absolute atomic E-state index is 0.0548. The quantitative estimate of drug-likeness (QED) is 0.603. The molecule has 0 saturated carbocycles. The predicted octanol–water partition coefficient (Wildman–Crippen LogP) is 4.90. The topological polar surface area (TPSA) is 58.6 Å². The molecule has 1 N–H and O–H groups in total. The van der Waals surface area contributed by atoms with Crippen molar-refractivity contribution in [3.63, 3.8) is 0 Å². The standard InChI is InChI=1S/C26H25FN2O3/c27-22-8-4-7-21(17-22)26(31)29-15-13-20(14-16-29)25(30)28-23-9-11-24(12-10-23)32-18-19-5-2-1-3-6-19/h1-12,17,20H,13-16,18H2,(H,28,30). The van der Waals surface area contributed by atoms with Crippen molar-refractivity contribution in [1.29, 1.82) is 0 Å². The van der Waals surface area contributed by atoms with Crippen LogP contribution in [0.15, 0.2) is 78.9 Å². The smallest absolute Gasteiger partial charge is 0.253 e. The number of anilines is 1. The Kier molecular flexibility index (Phi) is 6.80. The molecular weight excluding hydrogens is 407 g/mol. The molecule has 3 aromatic rings. The molecule has 0 aliphatic carbocycles. The Morgan fingerprint density at radius 2 is 1.66 bits per heavy atom. The van der Waals surface area contributed by atoms with Gasteiger partial charge in [-0.25, -0.2) is 4.39 Å². The van der Waals surface area contributed by atoms with Crippen LogP contribution in [0.25, 0.3) is 0 Å². The highest BCUT2D eigenvalue weighted by Gasteiger charge is 2.28. The number of amides is 2. The van der Waals surface area contributed by atoms with Gasteiger partial charge in [0, 0.05) is 30.3 Å². The molecule has 0 spiro atoms. The largest absolute Gasteiger partial charge is 0.489 e. The third kappa shape index (κ3) is 5.52. The van der Waals surface area contributed by atoms with Crippen LogP contribution >= 0.6 is 0 Å². The van der Waals surface area contributed by atoms with Crippen molar-refractivity contribution in [2.24, 2.45) is 5.92 Å². The number of benzene rings is 3. The summed E-state index contributed by atoms with van der Waals surface area (Å²) in [7, 11) is 0. The van der Waals surface area contributed by atoms with Crippen molar-refractivity contribution >= 4 is 17.5 Å². The number of carbonyl (C=O) groups excluding carboxylic acids is 2. The fourth-order valence-corrected chi connectivity index (χ4v) is 3.77. The number of ether oxygens (including phenoxy) is 1. The SMILES string of the molecule is O=C(Nc1ccc(OCc2ccccc2)cc1)C1CCN(C(=O)c2cccc(F)c2)CC1. The zero-order valence-electron chi connectivity index (χ0n) is 17.7. The van der Waals surface area contributed by atoms with Crippen LogP contribution in [0.2, 0.25) is 0 Å². The Bertz CT molecular complexity index is 1060. The first-order valence-corrected chi connectivity index (χ1v) is 10.7. The summed E-state index contributed by atoms with van der Waals surface area (Å²) in [6.07, 6.45) is 1.15. The van der Waals surface area contributed by atoms with E-state index in [1.165, 1.54) is 18.2 Å². The lowest BCUT2D eigenvalue weighted by molar-refractivity contribution is -0.121. The Morgan fingerprint density at radius 3 is 2.34 bits per heavy atom. The summed E-state index contributed by atoms with van der Waals surface area (Å²) < 4.78 is 19.2. The first-order valence-electron chi connectivity index (χ1n) is 10.7. The number of carbonyl (C=O) groups is 2. The van der Waals surface area contributed by atoms with E-state index in [0.717, 1.165) is 11.3 Å². The van der Waals surface area contributed by atoms with Crippen LogP contribution in [-0.4, -0.2) is 29.8 Å². The first-order chi connectivity index (χ1) is 15.6. The molecular formula is C26H25FN2O3. The van der Waals surface area contributed by atoms with Crippen molar-refractivity contribution < 1.29 is 18.7 Å². The average molecular weight is 432 g/mol. The molecule has 3 aromatic carbocycles. The van der Waals surface area contributed by atoms with E-state index in [0.29, 0.717) is 43.8 Å². The van der Waals surface area contributed by atoms with Crippen LogP contribution in [-0.2, 0) is 11.4 Å². The molecule has 164 valence electrons. The maximum Gasteiger partial charge on any atom is 0.253 e. The van der Waals surface area contributed by atoms with E-state index >= 15 is 0 Å². The van der Waals surface area contributed by atoms with Gasteiger partial charge in [-0.1, -0.05) is 36.4 Å². The number of likely N-dealkylation sites (tertiary alicyclic amines) is 1. The van der Waals surface area contributed by atoms with E-state index < -0.39 is 5.82 Å². The van der Waals surface area contributed by atoms with Crippen molar-refractivity contribution in [2.75, 3.05) is 18.4 Å². The number of hydrogen-bond acceptors (Lipinski definition) is 3. The number of nitrogens with zero attached hydrogens (tertiary/aromatic N) is 1. The van der Waals surface area contributed by atoms with E-state index in [4.69, 9.17) is 4.74 Å². The molecule has 0 atom stereocenters. The van der Waals surface area contributed by atoms with Gasteiger partial charge in [0.25, 0.3) is 5.91 Å². The molecule has 1 saturated heterocycles. The summed E-state index contributed by atoms with van der Waals surface area (Å²) in [5, 5.41) is 2.95. The van der Waals surface area contributed by atoms with E-state index in [1.54, 1.807) is 11.0 Å². The molecule has 0 radical (unpaired) electrons. The Labute approximate surface area is 186 Å². The van der Waals surface area contributed by atoms with Gasteiger partial charge in [-0.2, -0.15) is 0 Å². The van der Waals surface area contributed by atoms with E-state index in [9.17, 15) is 14.0 Å². The van der Waals surface area contributed by atoms with Crippen LogP contribution in [0.3, 0.4) is 0 Å². The molecule has 1 fully saturated rings. The third-order valence-corrected chi connectivity index (χ3v) is 5.59. The maximum absolute atomic E-state index is 13.4. The fraction of sp³-hybridized carbons (Fsp3) is 0.231. The normalized spacial score (nSPS) is 14.1. The number of nitrogens with one attached hydrogen (secondary N) is 1. The minimum atomic E-state index is -0.429.